The number of hydrogen-bond donors (Lipinski definition) is 1. The molecule has 118 valence electrons. The van der Waals surface area contributed by atoms with Crippen LogP contribution in [0.5, 0.6) is 0 Å². The molecule has 0 spiro atoms. The Hall–Kier alpha value is -1.66. The van der Waals surface area contributed by atoms with E-state index in [1.54, 1.807) is 18.2 Å². The van der Waals surface area contributed by atoms with E-state index < -0.39 is 11.5 Å². The first-order valence-electron chi connectivity index (χ1n) is 7.29. The average molecular weight is 367 g/mol. The van der Waals surface area contributed by atoms with Crippen LogP contribution in [-0.2, 0) is 0 Å². The minimum absolute atomic E-state index is 0.0325. The predicted molar refractivity (Wildman–Crippen MR) is 90.3 cm³/mol. The number of amides is 1. The maximum atomic E-state index is 12.2. The van der Waals surface area contributed by atoms with Gasteiger partial charge in [-0.2, -0.15) is 0 Å². The van der Waals surface area contributed by atoms with Crippen molar-refractivity contribution in [3.8, 4) is 0 Å². The van der Waals surface area contributed by atoms with E-state index in [1.807, 2.05) is 6.07 Å². The molecule has 0 fully saturated rings. The molecule has 22 heavy (non-hydrogen) atoms. The highest BCUT2D eigenvalue weighted by Gasteiger charge is 2.13. The van der Waals surface area contributed by atoms with Gasteiger partial charge in [0.15, 0.2) is 0 Å². The number of nitrogens with zero attached hydrogens (tertiary/aromatic N) is 1. The van der Waals surface area contributed by atoms with Crippen molar-refractivity contribution < 1.29 is 9.21 Å². The summed E-state index contributed by atoms with van der Waals surface area (Å²) in [5, 5.41) is 3.48. The number of halogens is 1. The number of carbonyl (C=O) groups excluding carboxylic acids is 1. The number of nitrogens with one attached hydrogen (secondary N) is 1. The molecule has 2 aromatic rings. The highest BCUT2D eigenvalue weighted by Crippen LogP contribution is 2.19. The molecule has 1 N–H and O–H groups in total. The Morgan fingerprint density at radius 1 is 1.27 bits per heavy atom. The van der Waals surface area contributed by atoms with Gasteiger partial charge in [0.25, 0.3) is 5.91 Å². The maximum Gasteiger partial charge on any atom is 0.349 e. The molecule has 6 heteroatoms. The van der Waals surface area contributed by atoms with Crippen LogP contribution >= 0.6 is 15.9 Å². The van der Waals surface area contributed by atoms with Crippen LogP contribution in [0.3, 0.4) is 0 Å². The maximum absolute atomic E-state index is 12.2. The van der Waals surface area contributed by atoms with Gasteiger partial charge in [-0.05, 0) is 37.4 Å². The Morgan fingerprint density at radius 3 is 2.68 bits per heavy atom. The first-order chi connectivity index (χ1) is 10.5. The Morgan fingerprint density at radius 2 is 2.00 bits per heavy atom. The zero-order valence-electron chi connectivity index (χ0n) is 12.7. The minimum atomic E-state index is -0.616. The zero-order chi connectivity index (χ0) is 16.1. The van der Waals surface area contributed by atoms with Gasteiger partial charge in [-0.3, -0.25) is 4.79 Å². The van der Waals surface area contributed by atoms with E-state index in [0.717, 1.165) is 24.1 Å². The van der Waals surface area contributed by atoms with E-state index in [0.29, 0.717) is 17.5 Å². The Labute approximate surface area is 137 Å². The molecule has 0 radical (unpaired) electrons. The topological polar surface area (TPSA) is 62.6 Å². The van der Waals surface area contributed by atoms with Crippen LogP contribution in [0.1, 0.15) is 24.2 Å². The highest BCUT2D eigenvalue weighted by atomic mass is 79.9. The predicted octanol–water partition coefficient (Wildman–Crippen LogP) is 2.63. The van der Waals surface area contributed by atoms with Gasteiger partial charge in [0.1, 0.15) is 11.1 Å². The second kappa shape index (κ2) is 7.56. The van der Waals surface area contributed by atoms with Crippen LogP contribution in [0.15, 0.2) is 37.9 Å². The quantitative estimate of drug-likeness (QED) is 0.798. The van der Waals surface area contributed by atoms with Gasteiger partial charge >= 0.3 is 5.63 Å². The number of fused-ring (bicyclic) bond motifs is 1. The fourth-order valence-electron chi connectivity index (χ4n) is 2.22. The van der Waals surface area contributed by atoms with Crippen LogP contribution in [0.25, 0.3) is 11.0 Å². The third-order valence-corrected chi connectivity index (χ3v) is 4.04. The lowest BCUT2D eigenvalue weighted by Gasteiger charge is -2.17. The number of benzene rings is 1. The van der Waals surface area contributed by atoms with E-state index in [2.05, 4.69) is 40.0 Å². The molecule has 5 nitrogen and oxygen atoms in total. The summed E-state index contributed by atoms with van der Waals surface area (Å²) in [6, 6.07) is 6.86. The Bertz CT molecular complexity index is 723. The van der Waals surface area contributed by atoms with Crippen LogP contribution < -0.4 is 10.9 Å². The summed E-state index contributed by atoms with van der Waals surface area (Å²) in [6.07, 6.45) is 0. The van der Waals surface area contributed by atoms with Crippen molar-refractivity contribution in [3.05, 3.63) is 44.7 Å². The molecule has 0 saturated heterocycles. The standard InChI is InChI=1S/C16H19BrN2O3/c1-3-19(4-2)8-7-18-15(20)13-10-11-9-12(17)5-6-14(11)22-16(13)21/h5-6,9-10H,3-4,7-8H2,1-2H3,(H,18,20). The molecule has 0 unspecified atom stereocenters. The second-order valence-corrected chi connectivity index (χ2v) is 5.83. The van der Waals surface area contributed by atoms with Gasteiger partial charge in [0, 0.05) is 22.9 Å². The first-order valence-corrected chi connectivity index (χ1v) is 8.08. The molecular formula is C16H19BrN2O3. The van der Waals surface area contributed by atoms with Gasteiger partial charge in [0.2, 0.25) is 0 Å². The molecule has 0 aliphatic rings. The van der Waals surface area contributed by atoms with E-state index in [1.165, 1.54) is 0 Å². The van der Waals surface area contributed by atoms with Crippen molar-refractivity contribution in [1.29, 1.82) is 0 Å². The molecule has 0 saturated carbocycles. The van der Waals surface area contributed by atoms with Gasteiger partial charge in [-0.1, -0.05) is 29.8 Å². The van der Waals surface area contributed by atoms with Crippen molar-refractivity contribution in [2.24, 2.45) is 0 Å². The Balaban J connectivity index is 2.14. The summed E-state index contributed by atoms with van der Waals surface area (Å²) in [7, 11) is 0. The second-order valence-electron chi connectivity index (χ2n) is 4.91. The van der Waals surface area contributed by atoms with Crippen molar-refractivity contribution in [2.75, 3.05) is 26.2 Å². The summed E-state index contributed by atoms with van der Waals surface area (Å²) < 4.78 is 6.05. The van der Waals surface area contributed by atoms with Crippen molar-refractivity contribution >= 4 is 32.8 Å². The fourth-order valence-corrected chi connectivity index (χ4v) is 2.59. The lowest BCUT2D eigenvalue weighted by Crippen LogP contribution is -2.36. The third kappa shape index (κ3) is 3.96. The van der Waals surface area contributed by atoms with Crippen LogP contribution in [0.2, 0.25) is 0 Å². The summed E-state index contributed by atoms with van der Waals surface area (Å²) in [4.78, 5) is 26.3. The molecule has 0 aliphatic heterocycles. The first kappa shape index (κ1) is 16.7. The normalized spacial score (nSPS) is 11.1. The molecule has 1 aromatic carbocycles. The molecule has 2 rings (SSSR count). The Kier molecular flexibility index (Phi) is 5.74. The van der Waals surface area contributed by atoms with Gasteiger partial charge in [-0.15, -0.1) is 0 Å². The van der Waals surface area contributed by atoms with E-state index >= 15 is 0 Å². The van der Waals surface area contributed by atoms with E-state index in [9.17, 15) is 9.59 Å². The highest BCUT2D eigenvalue weighted by molar-refractivity contribution is 9.10. The average Bonchev–Trinajstić information content (AvgIpc) is 2.51. The molecular weight excluding hydrogens is 348 g/mol. The summed E-state index contributed by atoms with van der Waals surface area (Å²) in [5.74, 6) is -0.400. The lowest BCUT2D eigenvalue weighted by atomic mass is 10.2. The summed E-state index contributed by atoms with van der Waals surface area (Å²) in [5.41, 5.74) is -0.117. The number of likely N-dealkylation sites (N-methyl/N-ethyl adjacent to an activating group) is 1. The number of hydrogen-bond acceptors (Lipinski definition) is 4. The monoisotopic (exact) mass is 366 g/mol. The van der Waals surface area contributed by atoms with Gasteiger partial charge in [0.05, 0.1) is 0 Å². The van der Waals surface area contributed by atoms with Gasteiger partial charge < -0.3 is 14.6 Å². The molecule has 1 heterocycles. The zero-order valence-corrected chi connectivity index (χ0v) is 14.3. The summed E-state index contributed by atoms with van der Waals surface area (Å²) >= 11 is 3.36. The lowest BCUT2D eigenvalue weighted by molar-refractivity contribution is 0.0945. The van der Waals surface area contributed by atoms with Crippen molar-refractivity contribution in [3.63, 3.8) is 0 Å². The molecule has 1 amide bonds. The molecule has 0 aliphatic carbocycles. The molecule has 0 bridgehead atoms. The third-order valence-electron chi connectivity index (χ3n) is 3.55. The van der Waals surface area contributed by atoms with Crippen LogP contribution in [-0.4, -0.2) is 37.0 Å². The van der Waals surface area contributed by atoms with Crippen molar-refractivity contribution in [1.82, 2.24) is 10.2 Å². The fraction of sp³-hybridized carbons (Fsp3) is 0.375. The molecule has 0 atom stereocenters. The number of carbonyl (C=O) groups is 1. The smallest absolute Gasteiger partial charge is 0.349 e. The van der Waals surface area contributed by atoms with E-state index in [-0.39, 0.29) is 5.56 Å². The number of rotatable bonds is 6. The summed E-state index contributed by atoms with van der Waals surface area (Å²) in [6.45, 7) is 7.25. The largest absolute Gasteiger partial charge is 0.422 e. The van der Waals surface area contributed by atoms with Crippen LogP contribution in [0, 0.1) is 0 Å². The molecule has 1 aromatic heterocycles. The van der Waals surface area contributed by atoms with Gasteiger partial charge in [-0.25, -0.2) is 4.79 Å². The van der Waals surface area contributed by atoms with E-state index in [4.69, 9.17) is 4.42 Å². The SMILES string of the molecule is CCN(CC)CCNC(=O)c1cc2cc(Br)ccc2oc1=O. The van der Waals surface area contributed by atoms with Crippen molar-refractivity contribution in [2.45, 2.75) is 13.8 Å². The minimum Gasteiger partial charge on any atom is -0.422 e. The van der Waals surface area contributed by atoms with Crippen LogP contribution in [0.4, 0.5) is 0 Å².